The molecule has 2 atom stereocenters. The predicted octanol–water partition coefficient (Wildman–Crippen LogP) is 6.16. The second-order valence-corrected chi connectivity index (χ2v) is 7.60. The Morgan fingerprint density at radius 3 is 2.52 bits per heavy atom. The summed E-state index contributed by atoms with van der Waals surface area (Å²) in [6.45, 7) is 9.21. The maximum atomic E-state index is 7.27. The van der Waals surface area contributed by atoms with E-state index in [0.717, 1.165) is 24.2 Å². The summed E-state index contributed by atoms with van der Waals surface area (Å²) in [5.74, 6) is 3.07. The van der Waals surface area contributed by atoms with E-state index in [1.165, 1.54) is 51.4 Å². The Kier molecular flexibility index (Phi) is 6.26. The van der Waals surface area contributed by atoms with Crippen LogP contribution in [0.2, 0.25) is 0 Å². The molecule has 0 aliphatic heterocycles. The third-order valence-corrected chi connectivity index (χ3v) is 5.78. The fourth-order valence-electron chi connectivity index (χ4n) is 4.29. The topological polar surface area (TPSA) is 23.9 Å². The van der Waals surface area contributed by atoms with Crippen molar-refractivity contribution < 1.29 is 0 Å². The Bertz CT molecular complexity index is 385. The molecule has 1 saturated carbocycles. The molecule has 2 aliphatic rings. The number of hydrogen-bond acceptors (Lipinski definition) is 1. The smallest absolute Gasteiger partial charge is 0.00450 e. The van der Waals surface area contributed by atoms with Gasteiger partial charge in [-0.2, -0.15) is 0 Å². The molecule has 1 nitrogen and oxygen atoms in total. The molecule has 1 N–H and O–H groups in total. The van der Waals surface area contributed by atoms with Gasteiger partial charge in [-0.25, -0.2) is 0 Å². The minimum atomic E-state index is 0.715. The van der Waals surface area contributed by atoms with Gasteiger partial charge in [0.2, 0.25) is 0 Å². The van der Waals surface area contributed by atoms with Crippen molar-refractivity contribution in [3.8, 4) is 0 Å². The first-order valence-electron chi connectivity index (χ1n) is 8.93. The predicted molar refractivity (Wildman–Crippen MR) is 92.9 cm³/mol. The van der Waals surface area contributed by atoms with Crippen molar-refractivity contribution in [3.63, 3.8) is 0 Å². The van der Waals surface area contributed by atoms with Crippen molar-refractivity contribution in [3.05, 3.63) is 23.8 Å². The molecule has 1 heteroatoms. The molecule has 0 saturated heterocycles. The molecule has 2 aliphatic carbocycles. The Balaban J connectivity index is 1.90. The number of rotatable bonds is 4. The van der Waals surface area contributed by atoms with Gasteiger partial charge in [0.05, 0.1) is 0 Å². The Morgan fingerprint density at radius 1 is 1.19 bits per heavy atom. The molecule has 0 aromatic heterocycles. The first kappa shape index (κ1) is 16.5. The third kappa shape index (κ3) is 4.83. The monoisotopic (exact) mass is 287 g/mol. The van der Waals surface area contributed by atoms with Crippen LogP contribution in [-0.4, -0.2) is 6.21 Å². The van der Waals surface area contributed by atoms with Gasteiger partial charge in [0.25, 0.3) is 0 Å². The van der Waals surface area contributed by atoms with Crippen LogP contribution in [0, 0.1) is 29.1 Å². The molecule has 0 radical (unpaired) electrons. The summed E-state index contributed by atoms with van der Waals surface area (Å²) in [6.07, 6.45) is 15.5. The fourth-order valence-corrected chi connectivity index (χ4v) is 4.29. The summed E-state index contributed by atoms with van der Waals surface area (Å²) in [5.41, 5.74) is 3.12. The molecular weight excluding hydrogens is 254 g/mol. The van der Waals surface area contributed by atoms with Crippen molar-refractivity contribution in [2.24, 2.45) is 23.7 Å². The van der Waals surface area contributed by atoms with E-state index in [-0.39, 0.29) is 0 Å². The van der Waals surface area contributed by atoms with Gasteiger partial charge in [-0.15, -0.1) is 0 Å². The molecule has 0 aromatic rings. The number of allylic oxidation sites excluding steroid dienone is 3. The molecule has 0 heterocycles. The fraction of sp³-hybridized carbons (Fsp3) is 0.750. The molecule has 0 spiro atoms. The van der Waals surface area contributed by atoms with Gasteiger partial charge in [-0.05, 0) is 94.6 Å². The molecule has 21 heavy (non-hydrogen) atoms. The van der Waals surface area contributed by atoms with E-state index in [2.05, 4.69) is 26.5 Å². The Labute approximate surface area is 131 Å². The lowest BCUT2D eigenvalue weighted by Gasteiger charge is -2.33. The summed E-state index contributed by atoms with van der Waals surface area (Å²) in [6, 6.07) is 0. The van der Waals surface area contributed by atoms with Gasteiger partial charge in [0, 0.05) is 0 Å². The van der Waals surface area contributed by atoms with Crippen LogP contribution < -0.4 is 0 Å². The number of hydrogen-bond donors (Lipinski definition) is 1. The van der Waals surface area contributed by atoms with Crippen molar-refractivity contribution in [1.82, 2.24) is 0 Å². The molecule has 2 unspecified atom stereocenters. The SMILES string of the molecule is C=C(C1C/C=C(/C)CC(C)CC1)C1CCC(CC=N)CC1. The van der Waals surface area contributed by atoms with Gasteiger partial charge >= 0.3 is 0 Å². The minimum Gasteiger partial charge on any atom is -0.313 e. The molecular formula is C20H33N. The van der Waals surface area contributed by atoms with Crippen LogP contribution in [0.25, 0.3) is 0 Å². The normalized spacial score (nSPS) is 37.0. The lowest BCUT2D eigenvalue weighted by molar-refractivity contribution is 0.287. The van der Waals surface area contributed by atoms with E-state index in [1.54, 1.807) is 17.4 Å². The van der Waals surface area contributed by atoms with E-state index >= 15 is 0 Å². The second kappa shape index (κ2) is 7.96. The quantitative estimate of drug-likeness (QED) is 0.473. The van der Waals surface area contributed by atoms with Crippen LogP contribution in [0.15, 0.2) is 23.8 Å². The molecule has 1 fully saturated rings. The third-order valence-electron chi connectivity index (χ3n) is 5.78. The molecule has 0 aromatic carbocycles. The standard InChI is InChI=1S/C20H33N/c1-15-4-8-19(9-5-16(2)14-15)17(3)20-10-6-18(7-11-20)12-13-21/h4,13,16,18-21H,3,5-12,14H2,1-2H3/b15-4-,21-13?. The van der Waals surface area contributed by atoms with Crippen molar-refractivity contribution in [2.75, 3.05) is 0 Å². The van der Waals surface area contributed by atoms with Gasteiger partial charge in [-0.3, -0.25) is 0 Å². The first-order valence-corrected chi connectivity index (χ1v) is 8.93. The maximum Gasteiger partial charge on any atom is -0.00450 e. The summed E-state index contributed by atoms with van der Waals surface area (Å²) >= 11 is 0. The Hall–Kier alpha value is -0.850. The Morgan fingerprint density at radius 2 is 1.86 bits per heavy atom. The van der Waals surface area contributed by atoms with E-state index in [0.29, 0.717) is 5.92 Å². The van der Waals surface area contributed by atoms with Gasteiger partial charge in [-0.1, -0.05) is 30.7 Å². The average molecular weight is 287 g/mol. The zero-order chi connectivity index (χ0) is 15.2. The lowest BCUT2D eigenvalue weighted by Crippen LogP contribution is -2.20. The van der Waals surface area contributed by atoms with Gasteiger partial charge in [0.1, 0.15) is 0 Å². The highest BCUT2D eigenvalue weighted by atomic mass is 14.4. The summed E-state index contributed by atoms with van der Waals surface area (Å²) < 4.78 is 0. The highest BCUT2D eigenvalue weighted by Crippen LogP contribution is 2.40. The van der Waals surface area contributed by atoms with Gasteiger partial charge in [0.15, 0.2) is 0 Å². The van der Waals surface area contributed by atoms with E-state index < -0.39 is 0 Å². The van der Waals surface area contributed by atoms with E-state index in [4.69, 9.17) is 5.41 Å². The minimum absolute atomic E-state index is 0.715. The van der Waals surface area contributed by atoms with Crippen molar-refractivity contribution in [2.45, 2.75) is 71.6 Å². The van der Waals surface area contributed by atoms with Crippen LogP contribution in [0.5, 0.6) is 0 Å². The number of nitrogens with one attached hydrogen (secondary N) is 1. The van der Waals surface area contributed by atoms with Crippen LogP contribution in [0.1, 0.15) is 71.6 Å². The molecule has 118 valence electrons. The summed E-state index contributed by atoms with van der Waals surface area (Å²) in [5, 5.41) is 7.27. The summed E-state index contributed by atoms with van der Waals surface area (Å²) in [7, 11) is 0. The van der Waals surface area contributed by atoms with Crippen LogP contribution in [-0.2, 0) is 0 Å². The van der Waals surface area contributed by atoms with E-state index in [9.17, 15) is 0 Å². The van der Waals surface area contributed by atoms with Crippen LogP contribution in [0.4, 0.5) is 0 Å². The van der Waals surface area contributed by atoms with Crippen molar-refractivity contribution in [1.29, 1.82) is 5.41 Å². The summed E-state index contributed by atoms with van der Waals surface area (Å²) in [4.78, 5) is 0. The lowest BCUT2D eigenvalue weighted by atomic mass is 9.72. The second-order valence-electron chi connectivity index (χ2n) is 7.60. The molecule has 0 amide bonds. The van der Waals surface area contributed by atoms with Gasteiger partial charge < -0.3 is 5.41 Å². The largest absolute Gasteiger partial charge is 0.313 e. The average Bonchev–Trinajstić information content (AvgIpc) is 2.46. The molecule has 0 bridgehead atoms. The highest BCUT2D eigenvalue weighted by molar-refractivity contribution is 5.53. The molecule has 2 rings (SSSR count). The zero-order valence-electron chi connectivity index (χ0n) is 14.0. The van der Waals surface area contributed by atoms with Crippen LogP contribution >= 0.6 is 0 Å². The maximum absolute atomic E-state index is 7.27. The van der Waals surface area contributed by atoms with Crippen LogP contribution in [0.3, 0.4) is 0 Å². The zero-order valence-corrected chi connectivity index (χ0v) is 14.0. The van der Waals surface area contributed by atoms with Crippen molar-refractivity contribution >= 4 is 6.21 Å². The highest BCUT2D eigenvalue weighted by Gasteiger charge is 2.26. The first-order chi connectivity index (χ1) is 10.1. The van der Waals surface area contributed by atoms with E-state index in [1.807, 2.05) is 0 Å².